The SMILES string of the molecule is NC[C@@H]1O[C@H](O[C@H]2[C@@H](O)[C@H](O[C@H]3[C@H](O)[C@@H](N)C[C@@H](N)[C@@H]3O[C@H]3O[C@H](CO)[C@@H](O)C[C@H]3N)O[C@@H]2CO)[C@H](N)[C@@H](O)[C@@H]1O[C@H]1O[C@H](CO)[C@@H](O)[C@H](O)[C@@H]1O. The Labute approximate surface area is 297 Å². The van der Waals surface area contributed by atoms with E-state index in [9.17, 15) is 51.1 Å². The van der Waals surface area contributed by atoms with E-state index in [1.807, 2.05) is 0 Å². The van der Waals surface area contributed by atoms with Crippen LogP contribution in [0, 0.1) is 0 Å². The fourth-order valence-electron chi connectivity index (χ4n) is 7.16. The van der Waals surface area contributed by atoms with Gasteiger partial charge >= 0.3 is 0 Å². The van der Waals surface area contributed by atoms with E-state index in [0.29, 0.717) is 0 Å². The molecule has 0 amide bonds. The van der Waals surface area contributed by atoms with Crippen molar-refractivity contribution < 1.29 is 89.0 Å². The first-order chi connectivity index (χ1) is 24.6. The number of nitrogens with two attached hydrogens (primary N) is 5. The minimum absolute atomic E-state index is 0.0266. The number of ether oxygens (including phenoxy) is 8. The first kappa shape index (κ1) is 42.2. The lowest BCUT2D eigenvalue weighted by molar-refractivity contribution is -0.348. The summed E-state index contributed by atoms with van der Waals surface area (Å²) < 4.78 is 46.4. The third-order valence-electron chi connectivity index (χ3n) is 10.3. The van der Waals surface area contributed by atoms with Gasteiger partial charge in [-0.25, -0.2) is 0 Å². The molecule has 0 unspecified atom stereocenters. The van der Waals surface area contributed by atoms with Crippen LogP contribution in [0.2, 0.25) is 0 Å². The molecule has 0 aromatic carbocycles. The van der Waals surface area contributed by atoms with Crippen LogP contribution in [-0.2, 0) is 37.9 Å². The zero-order chi connectivity index (χ0) is 38.2. The van der Waals surface area contributed by atoms with E-state index < -0.39 is 161 Å². The maximum atomic E-state index is 11.4. The van der Waals surface area contributed by atoms with Crippen molar-refractivity contribution in [3.8, 4) is 0 Å². The van der Waals surface area contributed by atoms with Gasteiger partial charge in [0.25, 0.3) is 0 Å². The molecule has 5 aliphatic rings. The summed E-state index contributed by atoms with van der Waals surface area (Å²) in [6.45, 7) is -2.26. The monoisotopic (exact) mass is 761 g/mol. The van der Waals surface area contributed by atoms with E-state index in [1.54, 1.807) is 0 Å². The predicted molar refractivity (Wildman–Crippen MR) is 168 cm³/mol. The summed E-state index contributed by atoms with van der Waals surface area (Å²) in [5, 5.41) is 104. The van der Waals surface area contributed by atoms with Gasteiger partial charge in [-0.2, -0.15) is 0 Å². The first-order valence-electron chi connectivity index (χ1n) is 17.2. The van der Waals surface area contributed by atoms with E-state index >= 15 is 0 Å². The molecule has 23 atom stereocenters. The molecule has 0 spiro atoms. The zero-order valence-corrected chi connectivity index (χ0v) is 28.1. The lowest BCUT2D eigenvalue weighted by atomic mass is 9.84. The third-order valence-corrected chi connectivity index (χ3v) is 10.3. The van der Waals surface area contributed by atoms with Gasteiger partial charge in [0, 0.05) is 18.6 Å². The van der Waals surface area contributed by atoms with Crippen LogP contribution in [0.1, 0.15) is 12.8 Å². The molecule has 5 rings (SSSR count). The Bertz CT molecular complexity index is 1120. The summed E-state index contributed by atoms with van der Waals surface area (Å²) in [6, 6.07) is -4.01. The second kappa shape index (κ2) is 17.9. The number of rotatable bonds is 12. The molecular weight excluding hydrogens is 706 g/mol. The Morgan fingerprint density at radius 1 is 0.442 bits per heavy atom. The van der Waals surface area contributed by atoms with Crippen molar-refractivity contribution in [3.05, 3.63) is 0 Å². The van der Waals surface area contributed by atoms with Gasteiger partial charge in [0.05, 0.1) is 44.1 Å². The third kappa shape index (κ3) is 8.57. The van der Waals surface area contributed by atoms with Gasteiger partial charge in [0.2, 0.25) is 0 Å². The summed E-state index contributed by atoms with van der Waals surface area (Å²) in [5.41, 5.74) is 30.8. The van der Waals surface area contributed by atoms with Crippen molar-refractivity contribution in [2.75, 3.05) is 26.4 Å². The van der Waals surface area contributed by atoms with Gasteiger partial charge in [-0.1, -0.05) is 0 Å². The molecular formula is C29H55N5O18. The lowest BCUT2D eigenvalue weighted by Crippen LogP contribution is -2.67. The molecule has 0 aromatic heterocycles. The molecule has 4 saturated heterocycles. The molecule has 0 radical (unpaired) electrons. The van der Waals surface area contributed by atoms with Crippen molar-refractivity contribution in [2.24, 2.45) is 28.7 Å². The van der Waals surface area contributed by atoms with Crippen molar-refractivity contribution >= 4 is 0 Å². The Kier molecular flexibility index (Phi) is 14.5. The van der Waals surface area contributed by atoms with Crippen LogP contribution < -0.4 is 28.7 Å². The van der Waals surface area contributed by atoms with Crippen LogP contribution in [0.5, 0.6) is 0 Å². The topological polar surface area (TPSA) is 406 Å². The van der Waals surface area contributed by atoms with Gasteiger partial charge in [0.1, 0.15) is 79.4 Å². The van der Waals surface area contributed by atoms with E-state index in [0.717, 1.165) is 0 Å². The Hall–Kier alpha value is -0.920. The Balaban J connectivity index is 1.26. The number of aliphatic hydroxyl groups is 10. The average molecular weight is 762 g/mol. The van der Waals surface area contributed by atoms with E-state index in [2.05, 4.69) is 0 Å². The summed E-state index contributed by atoms with van der Waals surface area (Å²) in [4.78, 5) is 0. The van der Waals surface area contributed by atoms with Crippen LogP contribution in [0.15, 0.2) is 0 Å². The molecule has 304 valence electrons. The molecule has 4 aliphatic heterocycles. The molecule has 0 bridgehead atoms. The second-order valence-electron chi connectivity index (χ2n) is 13.9. The van der Waals surface area contributed by atoms with Gasteiger partial charge in [-0.15, -0.1) is 0 Å². The highest BCUT2D eigenvalue weighted by Gasteiger charge is 2.55. The standard InChI is InChI=1S/C29H55N5O18/c30-3-11-23(51-28-20(43)19(42)17(40)13(5-36)47-28)18(41)15(34)27(45-11)50-24-14(6-37)48-29(21(24)44)52-25-16(39)7(31)1-8(32)22(25)49-26-9(33)2-10(38)12(4-35)46-26/h7-29,35-44H,1-6,30-34H2/t7-,8+,9+,10-,11-,12+,13+,14+,15+,16+,17+,18+,19-,20-,21+,22-,23+,24+,25-,26+,27+,28+,29-/m0/s1. The molecule has 0 aromatic rings. The minimum Gasteiger partial charge on any atom is -0.394 e. The van der Waals surface area contributed by atoms with Crippen molar-refractivity contribution in [2.45, 2.75) is 154 Å². The highest BCUT2D eigenvalue weighted by Crippen LogP contribution is 2.35. The highest BCUT2D eigenvalue weighted by molar-refractivity contribution is 5.02. The van der Waals surface area contributed by atoms with Crippen molar-refractivity contribution in [1.82, 2.24) is 0 Å². The maximum Gasteiger partial charge on any atom is 0.187 e. The van der Waals surface area contributed by atoms with E-state index in [4.69, 9.17) is 66.6 Å². The largest absolute Gasteiger partial charge is 0.394 e. The van der Waals surface area contributed by atoms with E-state index in [1.165, 1.54) is 0 Å². The Morgan fingerprint density at radius 3 is 1.60 bits per heavy atom. The van der Waals surface area contributed by atoms with Crippen molar-refractivity contribution in [1.29, 1.82) is 0 Å². The molecule has 52 heavy (non-hydrogen) atoms. The zero-order valence-electron chi connectivity index (χ0n) is 28.1. The predicted octanol–water partition coefficient (Wildman–Crippen LogP) is -10.0. The van der Waals surface area contributed by atoms with E-state index in [-0.39, 0.29) is 19.4 Å². The molecule has 20 N–H and O–H groups in total. The summed E-state index contributed by atoms with van der Waals surface area (Å²) >= 11 is 0. The minimum atomic E-state index is -1.80. The normalized spacial score (nSPS) is 53.2. The summed E-state index contributed by atoms with van der Waals surface area (Å²) in [7, 11) is 0. The molecule has 1 saturated carbocycles. The van der Waals surface area contributed by atoms with Crippen LogP contribution in [-0.4, -0.2) is 218 Å². The molecule has 5 fully saturated rings. The Morgan fingerprint density at radius 2 is 0.962 bits per heavy atom. The number of aliphatic hydroxyl groups excluding tert-OH is 10. The first-order valence-corrected chi connectivity index (χ1v) is 17.2. The fourth-order valence-corrected chi connectivity index (χ4v) is 7.16. The summed E-state index contributed by atoms with van der Waals surface area (Å²) in [6.07, 6.45) is -26.9. The van der Waals surface area contributed by atoms with Gasteiger partial charge in [-0.05, 0) is 12.8 Å². The maximum absolute atomic E-state index is 11.4. The lowest BCUT2D eigenvalue weighted by Gasteiger charge is -2.47. The molecule has 4 heterocycles. The second-order valence-corrected chi connectivity index (χ2v) is 13.9. The number of hydrogen-bond acceptors (Lipinski definition) is 23. The van der Waals surface area contributed by atoms with Gasteiger partial charge < -0.3 is 118 Å². The van der Waals surface area contributed by atoms with Gasteiger partial charge in [0.15, 0.2) is 25.2 Å². The highest BCUT2D eigenvalue weighted by atomic mass is 16.8. The molecule has 23 nitrogen and oxygen atoms in total. The van der Waals surface area contributed by atoms with Crippen molar-refractivity contribution in [3.63, 3.8) is 0 Å². The summed E-state index contributed by atoms with van der Waals surface area (Å²) in [5.74, 6) is 0. The molecule has 23 heteroatoms. The van der Waals surface area contributed by atoms with Crippen LogP contribution in [0.4, 0.5) is 0 Å². The van der Waals surface area contributed by atoms with Crippen LogP contribution >= 0.6 is 0 Å². The quantitative estimate of drug-likeness (QED) is 0.0877. The smallest absolute Gasteiger partial charge is 0.187 e. The number of hydrogen-bond donors (Lipinski definition) is 15. The molecule has 1 aliphatic carbocycles. The average Bonchev–Trinajstić information content (AvgIpc) is 3.41. The fraction of sp³-hybridized carbons (Fsp3) is 1.00. The van der Waals surface area contributed by atoms with Crippen LogP contribution in [0.25, 0.3) is 0 Å². The van der Waals surface area contributed by atoms with Gasteiger partial charge in [-0.3, -0.25) is 0 Å². The van der Waals surface area contributed by atoms with Crippen LogP contribution in [0.3, 0.4) is 0 Å².